The SMILES string of the molecule is CCc1cccc(CC)c1Nc1cnnc(N2CCN(c3ccccc3)CC2)n1. The van der Waals surface area contributed by atoms with Crippen molar-refractivity contribution in [2.24, 2.45) is 0 Å². The van der Waals surface area contributed by atoms with Crippen molar-refractivity contribution in [3.63, 3.8) is 0 Å². The Morgan fingerprint density at radius 2 is 1.48 bits per heavy atom. The van der Waals surface area contributed by atoms with Gasteiger partial charge in [-0.05, 0) is 36.1 Å². The predicted octanol–water partition coefficient (Wildman–Crippen LogP) is 4.07. The average Bonchev–Trinajstić information content (AvgIpc) is 2.80. The van der Waals surface area contributed by atoms with Gasteiger partial charge < -0.3 is 15.1 Å². The molecule has 0 unspecified atom stereocenters. The second-order valence-corrected chi connectivity index (χ2v) is 7.23. The number of hydrogen-bond donors (Lipinski definition) is 1. The number of rotatable bonds is 6. The second kappa shape index (κ2) is 8.90. The molecule has 0 radical (unpaired) electrons. The molecule has 0 aliphatic carbocycles. The second-order valence-electron chi connectivity index (χ2n) is 7.23. The Kier molecular flexibility index (Phi) is 5.89. The molecule has 1 aliphatic heterocycles. The molecule has 3 aromatic rings. The van der Waals surface area contributed by atoms with E-state index in [4.69, 9.17) is 4.98 Å². The van der Waals surface area contributed by atoms with Crippen molar-refractivity contribution in [2.75, 3.05) is 41.3 Å². The van der Waals surface area contributed by atoms with E-state index in [1.165, 1.54) is 16.8 Å². The lowest BCUT2D eigenvalue weighted by molar-refractivity contribution is 0.635. The highest BCUT2D eigenvalue weighted by molar-refractivity contribution is 5.65. The molecule has 6 nitrogen and oxygen atoms in total. The van der Waals surface area contributed by atoms with E-state index < -0.39 is 0 Å². The summed E-state index contributed by atoms with van der Waals surface area (Å²) in [7, 11) is 0. The van der Waals surface area contributed by atoms with Crippen LogP contribution in [0.4, 0.5) is 23.1 Å². The predicted molar refractivity (Wildman–Crippen MR) is 119 cm³/mol. The summed E-state index contributed by atoms with van der Waals surface area (Å²) in [5, 5.41) is 12.0. The third-order valence-electron chi connectivity index (χ3n) is 5.48. The number of para-hydroxylation sites is 2. The third-order valence-corrected chi connectivity index (χ3v) is 5.48. The van der Waals surface area contributed by atoms with Crippen LogP contribution in [0.3, 0.4) is 0 Å². The highest BCUT2D eigenvalue weighted by atomic mass is 15.4. The lowest BCUT2D eigenvalue weighted by Crippen LogP contribution is -2.47. The molecular formula is C23H28N6. The Morgan fingerprint density at radius 3 is 2.14 bits per heavy atom. The van der Waals surface area contributed by atoms with E-state index in [9.17, 15) is 0 Å². The molecule has 150 valence electrons. The molecule has 1 aromatic heterocycles. The van der Waals surface area contributed by atoms with Crippen molar-refractivity contribution in [1.82, 2.24) is 15.2 Å². The Morgan fingerprint density at radius 1 is 0.828 bits per heavy atom. The molecule has 4 rings (SSSR count). The van der Waals surface area contributed by atoms with E-state index in [1.807, 2.05) is 0 Å². The molecule has 1 saturated heterocycles. The molecule has 2 heterocycles. The number of nitrogens with zero attached hydrogens (tertiary/aromatic N) is 5. The molecule has 0 saturated carbocycles. The smallest absolute Gasteiger partial charge is 0.247 e. The maximum atomic E-state index is 4.76. The lowest BCUT2D eigenvalue weighted by Gasteiger charge is -2.35. The van der Waals surface area contributed by atoms with Crippen molar-refractivity contribution in [3.8, 4) is 0 Å². The van der Waals surface area contributed by atoms with Gasteiger partial charge in [-0.1, -0.05) is 50.2 Å². The van der Waals surface area contributed by atoms with Gasteiger partial charge in [0.25, 0.3) is 0 Å². The molecule has 6 heteroatoms. The van der Waals surface area contributed by atoms with Crippen LogP contribution in [0, 0.1) is 0 Å². The van der Waals surface area contributed by atoms with E-state index >= 15 is 0 Å². The quantitative estimate of drug-likeness (QED) is 0.687. The van der Waals surface area contributed by atoms with Gasteiger partial charge in [-0.2, -0.15) is 10.1 Å². The van der Waals surface area contributed by atoms with Gasteiger partial charge in [0, 0.05) is 37.6 Å². The Hall–Kier alpha value is -3.15. The first-order valence-corrected chi connectivity index (χ1v) is 10.4. The van der Waals surface area contributed by atoms with E-state index in [0.29, 0.717) is 5.95 Å². The van der Waals surface area contributed by atoms with Gasteiger partial charge in [-0.3, -0.25) is 0 Å². The summed E-state index contributed by atoms with van der Waals surface area (Å²) in [5.74, 6) is 1.44. The molecule has 0 amide bonds. The van der Waals surface area contributed by atoms with E-state index in [-0.39, 0.29) is 0 Å². The largest absolute Gasteiger partial charge is 0.368 e. The third kappa shape index (κ3) is 4.31. The number of anilines is 4. The van der Waals surface area contributed by atoms with Gasteiger partial charge in [0.05, 0.1) is 6.20 Å². The van der Waals surface area contributed by atoms with Crippen LogP contribution in [0.15, 0.2) is 54.7 Å². The van der Waals surface area contributed by atoms with Crippen LogP contribution in [0.5, 0.6) is 0 Å². The molecule has 29 heavy (non-hydrogen) atoms. The van der Waals surface area contributed by atoms with Gasteiger partial charge in [0.15, 0.2) is 5.82 Å². The number of aryl methyl sites for hydroxylation is 2. The van der Waals surface area contributed by atoms with Crippen LogP contribution >= 0.6 is 0 Å². The topological polar surface area (TPSA) is 57.2 Å². The van der Waals surface area contributed by atoms with Crippen LogP contribution < -0.4 is 15.1 Å². The van der Waals surface area contributed by atoms with Gasteiger partial charge >= 0.3 is 0 Å². The maximum Gasteiger partial charge on any atom is 0.247 e. The van der Waals surface area contributed by atoms with Crippen LogP contribution in [-0.2, 0) is 12.8 Å². The fourth-order valence-corrected chi connectivity index (χ4v) is 3.82. The van der Waals surface area contributed by atoms with Gasteiger partial charge in [-0.25, -0.2) is 0 Å². The fraction of sp³-hybridized carbons (Fsp3) is 0.348. The van der Waals surface area contributed by atoms with Gasteiger partial charge in [-0.15, -0.1) is 5.10 Å². The van der Waals surface area contributed by atoms with Crippen LogP contribution in [0.25, 0.3) is 0 Å². The minimum absolute atomic E-state index is 0.690. The Bertz CT molecular complexity index is 913. The number of nitrogens with one attached hydrogen (secondary N) is 1. The first-order valence-electron chi connectivity index (χ1n) is 10.4. The number of hydrogen-bond acceptors (Lipinski definition) is 6. The molecule has 0 atom stereocenters. The highest BCUT2D eigenvalue weighted by Crippen LogP contribution is 2.26. The fourth-order valence-electron chi connectivity index (χ4n) is 3.82. The zero-order chi connectivity index (χ0) is 20.1. The van der Waals surface area contributed by atoms with Gasteiger partial charge in [0.2, 0.25) is 5.95 Å². The monoisotopic (exact) mass is 388 g/mol. The number of aromatic nitrogens is 3. The Labute approximate surface area is 172 Å². The molecule has 0 spiro atoms. The van der Waals surface area contributed by atoms with Crippen LogP contribution in [0.2, 0.25) is 0 Å². The van der Waals surface area contributed by atoms with Crippen molar-refractivity contribution in [1.29, 1.82) is 0 Å². The zero-order valence-electron chi connectivity index (χ0n) is 17.2. The number of piperazine rings is 1. The van der Waals surface area contributed by atoms with Gasteiger partial charge in [0.1, 0.15) is 0 Å². The number of benzene rings is 2. The summed E-state index contributed by atoms with van der Waals surface area (Å²) in [6, 6.07) is 17.0. The molecule has 0 bridgehead atoms. The first-order chi connectivity index (χ1) is 14.3. The summed E-state index contributed by atoms with van der Waals surface area (Å²) in [6.45, 7) is 8.01. The van der Waals surface area contributed by atoms with E-state index in [1.54, 1.807) is 6.20 Å². The van der Waals surface area contributed by atoms with E-state index in [0.717, 1.165) is 50.5 Å². The summed E-state index contributed by atoms with van der Waals surface area (Å²) in [5.41, 5.74) is 5.00. The molecule has 1 fully saturated rings. The van der Waals surface area contributed by atoms with Crippen LogP contribution in [-0.4, -0.2) is 41.4 Å². The van der Waals surface area contributed by atoms with Crippen molar-refractivity contribution in [2.45, 2.75) is 26.7 Å². The lowest BCUT2D eigenvalue weighted by atomic mass is 10.0. The van der Waals surface area contributed by atoms with Crippen molar-refractivity contribution < 1.29 is 0 Å². The normalized spacial score (nSPS) is 14.1. The molecule has 1 N–H and O–H groups in total. The summed E-state index contributed by atoms with van der Waals surface area (Å²) >= 11 is 0. The summed E-state index contributed by atoms with van der Waals surface area (Å²) < 4.78 is 0. The minimum Gasteiger partial charge on any atom is -0.368 e. The highest BCUT2D eigenvalue weighted by Gasteiger charge is 2.20. The molecule has 1 aliphatic rings. The first kappa shape index (κ1) is 19.2. The summed E-state index contributed by atoms with van der Waals surface area (Å²) in [4.78, 5) is 9.38. The van der Waals surface area contributed by atoms with Crippen LogP contribution in [0.1, 0.15) is 25.0 Å². The molecular weight excluding hydrogens is 360 g/mol. The standard InChI is InChI=1S/C23H28N6/c1-3-18-9-8-10-19(4-2)22(18)25-21-17-24-27-23(26-21)29-15-13-28(14-16-29)20-11-6-5-7-12-20/h5-12,17H,3-4,13-16H2,1-2H3,(H,25,26,27). The maximum absolute atomic E-state index is 4.76. The van der Waals surface area contributed by atoms with Crippen molar-refractivity contribution >= 4 is 23.1 Å². The summed E-state index contributed by atoms with van der Waals surface area (Å²) in [6.07, 6.45) is 3.65. The zero-order valence-corrected chi connectivity index (χ0v) is 17.2. The minimum atomic E-state index is 0.690. The van der Waals surface area contributed by atoms with Crippen molar-refractivity contribution in [3.05, 3.63) is 65.9 Å². The Balaban J connectivity index is 1.48. The van der Waals surface area contributed by atoms with E-state index in [2.05, 4.69) is 87.7 Å². The molecule has 2 aromatic carbocycles. The average molecular weight is 389 g/mol.